The first-order valence-corrected chi connectivity index (χ1v) is 24.5. The smallest absolute Gasteiger partial charge is 0.179 e. The Morgan fingerprint density at radius 1 is 0.446 bits per heavy atom. The number of anilines is 2. The topological polar surface area (TPSA) is 24.3 Å². The number of hydrogen-bond donors (Lipinski definition) is 0. The fourth-order valence-electron chi connectivity index (χ4n) is 9.94. The van der Waals surface area contributed by atoms with Gasteiger partial charge in [0.15, 0.2) is 8.07 Å². The molecule has 65 heavy (non-hydrogen) atoms. The molecule has 1 aliphatic heterocycles. The van der Waals surface area contributed by atoms with E-state index in [1.54, 1.807) is 0 Å². The van der Waals surface area contributed by atoms with E-state index in [4.69, 9.17) is 4.98 Å². The molecule has 0 spiro atoms. The summed E-state index contributed by atoms with van der Waals surface area (Å²) in [6, 6.07) is 80.6. The van der Waals surface area contributed by atoms with Crippen LogP contribution in [-0.4, -0.2) is 24.3 Å². The molecule has 0 amide bonds. The van der Waals surface area contributed by atoms with E-state index in [9.17, 15) is 0 Å². The van der Waals surface area contributed by atoms with E-state index in [1.807, 2.05) is 6.20 Å². The minimum absolute atomic E-state index is 0.0391. The van der Waals surface area contributed by atoms with Crippen molar-refractivity contribution in [2.45, 2.75) is 26.2 Å². The second-order valence-electron chi connectivity index (χ2n) is 18.1. The predicted octanol–water partition coefficient (Wildman–Crippen LogP) is 11.9. The fraction of sp³-hybridized carbons (Fsp3) is 0.0833. The standard InChI is InChI=1S/C60H50N4Si/c1-60(2,3)47-35-36-61-59(40-47)64-57-34-31-46(44-19-8-4-9-20-44)39-55(57)54-33-32-52(42-58(54)64)65(49-24-12-6-13-25-49,50-26-14-7-15-27-50)51-28-18-23-48(41-51)62-37-38-63(43-62)56-30-17-16-29-53(56)45-21-10-5-11-22-45/h4-42H,43H2,1-3H3. The number of nitrogens with zero attached hydrogens (tertiary/aromatic N) is 4. The summed E-state index contributed by atoms with van der Waals surface area (Å²) < 4.78 is 2.40. The molecular formula is C60H50N4Si. The van der Waals surface area contributed by atoms with Crippen molar-refractivity contribution in [3.8, 4) is 28.1 Å². The van der Waals surface area contributed by atoms with Gasteiger partial charge in [-0.1, -0.05) is 191 Å². The Bertz CT molecular complexity index is 3300. The molecule has 0 fully saturated rings. The molecule has 314 valence electrons. The molecule has 4 nitrogen and oxygen atoms in total. The monoisotopic (exact) mass is 854 g/mol. The average molecular weight is 855 g/mol. The van der Waals surface area contributed by atoms with Crippen LogP contribution in [0.3, 0.4) is 0 Å². The molecule has 0 bridgehead atoms. The summed E-state index contributed by atoms with van der Waals surface area (Å²) >= 11 is 0. The molecule has 0 N–H and O–H groups in total. The molecule has 5 heteroatoms. The fourth-order valence-corrected chi connectivity index (χ4v) is 14.7. The minimum Gasteiger partial charge on any atom is -0.328 e. The van der Waals surface area contributed by atoms with Gasteiger partial charge in [-0.3, -0.25) is 4.57 Å². The third kappa shape index (κ3) is 7.15. The minimum atomic E-state index is -3.01. The second kappa shape index (κ2) is 16.4. The third-order valence-corrected chi connectivity index (χ3v) is 18.0. The summed E-state index contributed by atoms with van der Waals surface area (Å²) in [4.78, 5) is 9.84. The van der Waals surface area contributed by atoms with Crippen LogP contribution in [0.25, 0.3) is 49.9 Å². The zero-order chi connectivity index (χ0) is 44.0. The highest BCUT2D eigenvalue weighted by atomic mass is 28.3. The zero-order valence-corrected chi connectivity index (χ0v) is 38.0. The van der Waals surface area contributed by atoms with E-state index < -0.39 is 8.07 Å². The van der Waals surface area contributed by atoms with Crippen molar-refractivity contribution in [3.63, 3.8) is 0 Å². The van der Waals surface area contributed by atoms with Crippen LogP contribution in [0.5, 0.6) is 0 Å². The predicted molar refractivity (Wildman–Crippen MR) is 277 cm³/mol. The quantitative estimate of drug-likeness (QED) is 0.107. The van der Waals surface area contributed by atoms with Gasteiger partial charge in [0.05, 0.1) is 23.4 Å². The lowest BCUT2D eigenvalue weighted by Gasteiger charge is -2.35. The molecule has 0 radical (unpaired) electrons. The molecule has 0 saturated carbocycles. The maximum atomic E-state index is 5.11. The first kappa shape index (κ1) is 40.1. The summed E-state index contributed by atoms with van der Waals surface area (Å²) in [6.07, 6.45) is 6.41. The van der Waals surface area contributed by atoms with E-state index in [0.29, 0.717) is 6.67 Å². The van der Waals surface area contributed by atoms with Gasteiger partial charge in [0.1, 0.15) is 5.82 Å². The van der Waals surface area contributed by atoms with Crippen LogP contribution in [0.1, 0.15) is 26.3 Å². The van der Waals surface area contributed by atoms with Crippen molar-refractivity contribution in [2.75, 3.05) is 16.5 Å². The van der Waals surface area contributed by atoms with Crippen molar-refractivity contribution < 1.29 is 0 Å². The number of rotatable bonds is 9. The third-order valence-electron chi connectivity index (χ3n) is 13.2. The van der Waals surface area contributed by atoms with Gasteiger partial charge in [0.25, 0.3) is 0 Å². The Labute approximate surface area is 383 Å². The van der Waals surface area contributed by atoms with Crippen molar-refractivity contribution in [1.29, 1.82) is 0 Å². The molecule has 8 aromatic carbocycles. The van der Waals surface area contributed by atoms with Crippen LogP contribution in [0, 0.1) is 0 Å². The van der Waals surface area contributed by atoms with Crippen molar-refractivity contribution in [2.24, 2.45) is 0 Å². The normalized spacial score (nSPS) is 13.0. The van der Waals surface area contributed by atoms with Gasteiger partial charge in [-0.25, -0.2) is 4.98 Å². The molecule has 10 aromatic rings. The van der Waals surface area contributed by atoms with E-state index in [2.05, 4.69) is 266 Å². The molecule has 2 aromatic heterocycles. The Hall–Kier alpha value is -7.73. The largest absolute Gasteiger partial charge is 0.328 e. The number of aromatic nitrogens is 2. The SMILES string of the molecule is CC(C)(C)c1ccnc(-n2c3ccc(-c4ccccc4)cc3c3ccc([Si](c4ccccc4)(c4ccccc4)c4cccc(N5C=CN(c6ccccc6-c6ccccc6)C5)c4)cc32)c1. The number of pyridine rings is 1. The second-order valence-corrected chi connectivity index (χ2v) is 21.9. The summed E-state index contributed by atoms with van der Waals surface area (Å²) in [5.74, 6) is 0.926. The highest BCUT2D eigenvalue weighted by Crippen LogP contribution is 2.37. The number of para-hydroxylation sites is 1. The van der Waals surface area contributed by atoms with Gasteiger partial charge in [0.2, 0.25) is 0 Å². The maximum Gasteiger partial charge on any atom is 0.179 e. The van der Waals surface area contributed by atoms with E-state index >= 15 is 0 Å². The summed E-state index contributed by atoms with van der Waals surface area (Å²) in [5.41, 5.74) is 10.7. The lowest BCUT2D eigenvalue weighted by molar-refractivity contribution is 0.588. The van der Waals surface area contributed by atoms with Crippen LogP contribution in [0.2, 0.25) is 0 Å². The van der Waals surface area contributed by atoms with Gasteiger partial charge in [-0.15, -0.1) is 0 Å². The van der Waals surface area contributed by atoms with Crippen LogP contribution in [0.15, 0.2) is 237 Å². The lowest BCUT2D eigenvalue weighted by Crippen LogP contribution is -2.74. The molecule has 1 aliphatic rings. The van der Waals surface area contributed by atoms with Gasteiger partial charge in [-0.2, -0.15) is 0 Å². The van der Waals surface area contributed by atoms with Gasteiger partial charge >= 0.3 is 0 Å². The van der Waals surface area contributed by atoms with E-state index in [-0.39, 0.29) is 5.41 Å². The van der Waals surface area contributed by atoms with Crippen LogP contribution in [-0.2, 0) is 5.41 Å². The van der Waals surface area contributed by atoms with Crippen LogP contribution in [0.4, 0.5) is 11.4 Å². The van der Waals surface area contributed by atoms with Gasteiger partial charge in [-0.05, 0) is 96.9 Å². The molecular weight excluding hydrogens is 805 g/mol. The van der Waals surface area contributed by atoms with E-state index in [1.165, 1.54) is 65.0 Å². The molecule has 3 heterocycles. The number of benzene rings is 8. The summed E-state index contributed by atoms with van der Waals surface area (Å²) in [5, 5.41) is 7.73. The Balaban J connectivity index is 1.11. The number of fused-ring (bicyclic) bond motifs is 3. The van der Waals surface area contributed by atoms with Gasteiger partial charge < -0.3 is 9.80 Å². The lowest BCUT2D eigenvalue weighted by atomic mass is 9.88. The first-order valence-electron chi connectivity index (χ1n) is 22.5. The van der Waals surface area contributed by atoms with Crippen LogP contribution >= 0.6 is 0 Å². The number of hydrogen-bond acceptors (Lipinski definition) is 3. The zero-order valence-electron chi connectivity index (χ0n) is 37.0. The Morgan fingerprint density at radius 3 is 1.77 bits per heavy atom. The molecule has 11 rings (SSSR count). The van der Waals surface area contributed by atoms with E-state index in [0.717, 1.165) is 22.5 Å². The van der Waals surface area contributed by atoms with Crippen molar-refractivity contribution >= 4 is 62.0 Å². The highest BCUT2D eigenvalue weighted by Gasteiger charge is 2.42. The van der Waals surface area contributed by atoms with Gasteiger partial charge in [0, 0.05) is 40.6 Å². The summed E-state index contributed by atoms with van der Waals surface area (Å²) in [7, 11) is -3.01. The molecule has 0 aliphatic carbocycles. The van der Waals surface area contributed by atoms with Crippen LogP contribution < -0.4 is 30.5 Å². The first-order chi connectivity index (χ1) is 31.9. The Morgan fingerprint density at radius 2 is 1.06 bits per heavy atom. The average Bonchev–Trinajstić information content (AvgIpc) is 3.99. The Kier molecular flexibility index (Phi) is 10.1. The van der Waals surface area contributed by atoms with Crippen molar-refractivity contribution in [1.82, 2.24) is 9.55 Å². The highest BCUT2D eigenvalue weighted by molar-refractivity contribution is 7.20. The molecule has 0 saturated heterocycles. The molecule has 0 unspecified atom stereocenters. The molecule has 0 atom stereocenters. The maximum absolute atomic E-state index is 5.11. The summed E-state index contributed by atoms with van der Waals surface area (Å²) in [6.45, 7) is 7.52. The van der Waals surface area contributed by atoms with Crippen molar-refractivity contribution in [3.05, 3.63) is 243 Å².